The van der Waals surface area contributed by atoms with Crippen LogP contribution in [0.4, 0.5) is 24.5 Å². The van der Waals surface area contributed by atoms with Gasteiger partial charge in [-0.05, 0) is 61.4 Å². The Labute approximate surface area is 234 Å². The Morgan fingerprint density at radius 3 is 2.60 bits per heavy atom. The van der Waals surface area contributed by atoms with Gasteiger partial charge in [0.1, 0.15) is 16.9 Å². The van der Waals surface area contributed by atoms with Crippen LogP contribution < -0.4 is 15.1 Å². The first-order valence-corrected chi connectivity index (χ1v) is 13.6. The summed E-state index contributed by atoms with van der Waals surface area (Å²) in [6, 6.07) is 5.59. The molecule has 1 saturated carbocycles. The maximum absolute atomic E-state index is 14.3. The zero-order valence-electron chi connectivity index (χ0n) is 21.8. The number of hydrogen-bond donors (Lipinski definition) is 1. The maximum atomic E-state index is 14.3. The first-order chi connectivity index (χ1) is 19.1. The summed E-state index contributed by atoms with van der Waals surface area (Å²) in [6.45, 7) is 1.42. The first kappa shape index (κ1) is 26.6. The minimum Gasteiger partial charge on any atom is -0.366 e. The predicted molar refractivity (Wildman–Crippen MR) is 143 cm³/mol. The van der Waals surface area contributed by atoms with Gasteiger partial charge in [-0.15, -0.1) is 0 Å². The van der Waals surface area contributed by atoms with Gasteiger partial charge in [-0.25, -0.2) is 13.2 Å². The number of pyridine rings is 1. The Morgan fingerprint density at radius 1 is 1.18 bits per heavy atom. The monoisotopic (exact) mass is 572 g/mol. The molecule has 1 N–H and O–H groups in total. The number of carbonyl (C=O) groups is 2. The van der Waals surface area contributed by atoms with Crippen molar-refractivity contribution < 1.29 is 22.8 Å². The highest BCUT2D eigenvalue weighted by Crippen LogP contribution is 2.49. The number of carbonyl (C=O) groups excluding carboxylic acids is 2. The minimum absolute atomic E-state index is 0.0170. The molecule has 12 heteroatoms. The minimum atomic E-state index is -2.89. The summed E-state index contributed by atoms with van der Waals surface area (Å²) in [4.78, 5) is 34.1. The van der Waals surface area contributed by atoms with Crippen LogP contribution in [0.15, 0.2) is 42.9 Å². The lowest BCUT2D eigenvalue weighted by atomic mass is 9.74. The van der Waals surface area contributed by atoms with Crippen molar-refractivity contribution in [3.8, 4) is 0 Å². The number of hydrogen-bond acceptors (Lipinski definition) is 5. The smallest absolute Gasteiger partial charge is 0.281 e. The van der Waals surface area contributed by atoms with Crippen molar-refractivity contribution in [3.05, 3.63) is 70.5 Å². The van der Waals surface area contributed by atoms with Crippen molar-refractivity contribution in [2.45, 2.75) is 43.6 Å². The van der Waals surface area contributed by atoms with E-state index in [2.05, 4.69) is 20.3 Å². The van der Waals surface area contributed by atoms with Gasteiger partial charge in [-0.3, -0.25) is 19.3 Å². The van der Waals surface area contributed by atoms with E-state index in [1.807, 2.05) is 13.2 Å². The van der Waals surface area contributed by atoms with Crippen molar-refractivity contribution in [1.29, 1.82) is 0 Å². The molecule has 1 aromatic carbocycles. The molecule has 0 bridgehead atoms. The van der Waals surface area contributed by atoms with Gasteiger partial charge < -0.3 is 15.1 Å². The molecule has 3 aliphatic rings. The van der Waals surface area contributed by atoms with E-state index in [-0.39, 0.29) is 34.3 Å². The molecule has 3 aromatic rings. The third kappa shape index (κ3) is 4.59. The molecule has 2 aromatic heterocycles. The summed E-state index contributed by atoms with van der Waals surface area (Å²) >= 11 is 5.89. The standard InChI is InChI=1S/C28H28ClF3N6O2/c1-36-13-20(11-34-36)37-14-28(15-37)22-9-18(30)4-7-23(22)38(27(28)40)12-16-2-5-19(6-3-16)35-26(39)21-8-17(29)10-33-24(21)25(31)32/h4,7-11,13,16,19,25H,2-3,5-6,12,14-15H2,1H3,(H,35,39). The van der Waals surface area contributed by atoms with Gasteiger partial charge in [0.2, 0.25) is 5.91 Å². The molecular formula is C28H28ClF3N6O2. The van der Waals surface area contributed by atoms with Crippen LogP contribution in [-0.2, 0) is 17.3 Å². The van der Waals surface area contributed by atoms with E-state index in [1.165, 1.54) is 18.2 Å². The topological polar surface area (TPSA) is 83.4 Å². The van der Waals surface area contributed by atoms with Crippen molar-refractivity contribution in [2.24, 2.45) is 13.0 Å². The van der Waals surface area contributed by atoms with E-state index >= 15 is 0 Å². The second-order valence-corrected chi connectivity index (χ2v) is 11.4. The fraction of sp³-hybridized carbons (Fsp3) is 0.429. The van der Waals surface area contributed by atoms with Gasteiger partial charge in [0, 0.05) is 50.8 Å². The Balaban J connectivity index is 1.11. The lowest BCUT2D eigenvalue weighted by Gasteiger charge is -2.47. The number of aromatic nitrogens is 3. The van der Waals surface area contributed by atoms with Gasteiger partial charge in [-0.2, -0.15) is 5.10 Å². The molecule has 1 saturated heterocycles. The van der Waals surface area contributed by atoms with Crippen molar-refractivity contribution in [2.75, 3.05) is 29.4 Å². The molecule has 2 amide bonds. The fourth-order valence-electron chi connectivity index (χ4n) is 6.27. The number of rotatable bonds is 6. The fourth-order valence-corrected chi connectivity index (χ4v) is 6.43. The number of aryl methyl sites for hydroxylation is 1. The summed E-state index contributed by atoms with van der Waals surface area (Å²) in [6.07, 6.45) is 4.64. The Hall–Kier alpha value is -3.60. The van der Waals surface area contributed by atoms with Crippen LogP contribution in [0.3, 0.4) is 0 Å². The number of nitrogens with zero attached hydrogens (tertiary/aromatic N) is 5. The highest BCUT2D eigenvalue weighted by atomic mass is 35.5. The van der Waals surface area contributed by atoms with Crippen LogP contribution in [0, 0.1) is 11.7 Å². The molecule has 40 heavy (non-hydrogen) atoms. The first-order valence-electron chi connectivity index (χ1n) is 13.2. The number of nitrogens with one attached hydrogen (secondary N) is 1. The van der Waals surface area contributed by atoms with Crippen LogP contribution in [0.25, 0.3) is 0 Å². The SMILES string of the molecule is Cn1cc(N2CC3(C2)C(=O)N(CC2CCC(NC(=O)c4cc(Cl)cnc4C(F)F)CC2)c2ccc(F)cc23)cn1. The lowest BCUT2D eigenvalue weighted by Crippen LogP contribution is -2.64. The molecule has 210 valence electrons. The van der Waals surface area contributed by atoms with Crippen molar-refractivity contribution >= 4 is 34.8 Å². The molecule has 8 nitrogen and oxygen atoms in total. The van der Waals surface area contributed by atoms with Gasteiger partial charge in [0.25, 0.3) is 12.3 Å². The van der Waals surface area contributed by atoms with E-state index < -0.39 is 23.4 Å². The van der Waals surface area contributed by atoms with Gasteiger partial charge in [0.05, 0.1) is 22.5 Å². The molecule has 1 spiro atoms. The second kappa shape index (κ2) is 10.1. The van der Waals surface area contributed by atoms with E-state index in [4.69, 9.17) is 11.6 Å². The Bertz CT molecular complexity index is 1470. The summed E-state index contributed by atoms with van der Waals surface area (Å²) in [5.74, 6) is -0.820. The van der Waals surface area contributed by atoms with E-state index in [0.717, 1.165) is 36.0 Å². The molecule has 6 rings (SSSR count). The summed E-state index contributed by atoms with van der Waals surface area (Å²) in [5, 5.41) is 7.18. The molecule has 4 heterocycles. The van der Waals surface area contributed by atoms with Gasteiger partial charge in [0.15, 0.2) is 0 Å². The Morgan fingerprint density at radius 2 is 1.93 bits per heavy atom. The maximum Gasteiger partial charge on any atom is 0.281 e. The number of halogens is 4. The summed E-state index contributed by atoms with van der Waals surface area (Å²) in [5.41, 5.74) is 0.801. The van der Waals surface area contributed by atoms with Crippen molar-refractivity contribution in [1.82, 2.24) is 20.1 Å². The number of alkyl halides is 2. The molecule has 0 radical (unpaired) electrons. The zero-order valence-corrected chi connectivity index (χ0v) is 22.5. The average molecular weight is 573 g/mol. The molecule has 2 fully saturated rings. The number of benzene rings is 1. The van der Waals surface area contributed by atoms with Gasteiger partial charge >= 0.3 is 0 Å². The Kier molecular flexibility index (Phi) is 6.72. The largest absolute Gasteiger partial charge is 0.366 e. The van der Waals surface area contributed by atoms with Crippen LogP contribution in [0.2, 0.25) is 5.02 Å². The highest BCUT2D eigenvalue weighted by molar-refractivity contribution is 6.30. The van der Waals surface area contributed by atoms with Crippen LogP contribution >= 0.6 is 11.6 Å². The van der Waals surface area contributed by atoms with E-state index in [1.54, 1.807) is 21.8 Å². The molecule has 0 atom stereocenters. The summed E-state index contributed by atoms with van der Waals surface area (Å²) < 4.78 is 42.7. The third-order valence-corrected chi connectivity index (χ3v) is 8.56. The molecule has 2 aliphatic heterocycles. The molecular weight excluding hydrogens is 545 g/mol. The van der Waals surface area contributed by atoms with Crippen LogP contribution in [-0.4, -0.2) is 52.3 Å². The number of fused-ring (bicyclic) bond motifs is 2. The highest BCUT2D eigenvalue weighted by Gasteiger charge is 2.58. The van der Waals surface area contributed by atoms with E-state index in [0.29, 0.717) is 32.5 Å². The number of anilines is 2. The van der Waals surface area contributed by atoms with Crippen molar-refractivity contribution in [3.63, 3.8) is 0 Å². The van der Waals surface area contributed by atoms with E-state index in [9.17, 15) is 22.8 Å². The summed E-state index contributed by atoms with van der Waals surface area (Å²) in [7, 11) is 1.83. The predicted octanol–water partition coefficient (Wildman–Crippen LogP) is 4.64. The zero-order chi connectivity index (χ0) is 28.2. The third-order valence-electron chi connectivity index (χ3n) is 8.36. The molecule has 1 aliphatic carbocycles. The van der Waals surface area contributed by atoms with Crippen LogP contribution in [0.1, 0.15) is 53.7 Å². The normalized spacial score (nSPS) is 21.6. The average Bonchev–Trinajstić information content (AvgIpc) is 3.42. The molecule has 0 unspecified atom stereocenters. The second-order valence-electron chi connectivity index (χ2n) is 11.0. The number of amides is 2. The van der Waals surface area contributed by atoms with Gasteiger partial charge in [-0.1, -0.05) is 11.6 Å². The quantitative estimate of drug-likeness (QED) is 0.465. The lowest BCUT2D eigenvalue weighted by molar-refractivity contribution is -0.124. The van der Waals surface area contributed by atoms with Crippen LogP contribution in [0.5, 0.6) is 0 Å².